The molecule has 0 amide bonds. The second-order valence-electron chi connectivity index (χ2n) is 11.4. The van der Waals surface area contributed by atoms with Crippen LogP contribution in [0, 0.1) is 19.7 Å². The second-order valence-corrected chi connectivity index (χ2v) is 11.4. The first-order valence-electron chi connectivity index (χ1n) is 14.0. The SMILES string of the molecule is COc1cc(OC(=O)Cc2ccc(C)cc2)ccc1-c1ccc2c(c1COc1cc(F)ccc1C)C(C)=CC(C)(C)N2. The molecule has 0 saturated heterocycles. The van der Waals surface area contributed by atoms with Crippen LogP contribution in [0.1, 0.15) is 48.6 Å². The van der Waals surface area contributed by atoms with Crippen molar-refractivity contribution in [3.05, 3.63) is 113 Å². The third-order valence-corrected chi connectivity index (χ3v) is 7.43. The number of aryl methyl sites for hydroxylation is 2. The number of hydrogen-bond donors (Lipinski definition) is 1. The third kappa shape index (κ3) is 6.33. The van der Waals surface area contributed by atoms with Gasteiger partial charge in [-0.3, -0.25) is 4.79 Å². The van der Waals surface area contributed by atoms with Crippen LogP contribution in [0.2, 0.25) is 0 Å². The molecule has 0 aromatic heterocycles. The minimum atomic E-state index is -0.351. The predicted octanol–water partition coefficient (Wildman–Crippen LogP) is 8.45. The van der Waals surface area contributed by atoms with Crippen molar-refractivity contribution in [2.45, 2.75) is 53.2 Å². The van der Waals surface area contributed by atoms with Gasteiger partial charge in [0.05, 0.1) is 19.1 Å². The molecule has 5 nitrogen and oxygen atoms in total. The fraction of sp³-hybridized carbons (Fsp3) is 0.250. The van der Waals surface area contributed by atoms with Gasteiger partial charge in [-0.1, -0.05) is 48.0 Å². The van der Waals surface area contributed by atoms with Crippen LogP contribution in [0.3, 0.4) is 0 Å². The Morgan fingerprint density at radius 3 is 2.36 bits per heavy atom. The van der Waals surface area contributed by atoms with Crippen molar-refractivity contribution >= 4 is 17.2 Å². The van der Waals surface area contributed by atoms with Crippen molar-refractivity contribution in [3.63, 3.8) is 0 Å². The van der Waals surface area contributed by atoms with Gasteiger partial charge >= 0.3 is 5.97 Å². The quantitative estimate of drug-likeness (QED) is 0.172. The molecule has 0 aliphatic carbocycles. The van der Waals surface area contributed by atoms with E-state index in [1.54, 1.807) is 25.3 Å². The summed E-state index contributed by atoms with van der Waals surface area (Å²) in [6, 6.07) is 21.9. The number of benzene rings is 4. The van der Waals surface area contributed by atoms with Crippen molar-refractivity contribution in [1.82, 2.24) is 0 Å². The van der Waals surface area contributed by atoms with Crippen LogP contribution in [0.25, 0.3) is 16.7 Å². The summed E-state index contributed by atoms with van der Waals surface area (Å²) in [6.07, 6.45) is 2.37. The van der Waals surface area contributed by atoms with E-state index in [0.29, 0.717) is 17.2 Å². The van der Waals surface area contributed by atoms with Crippen molar-refractivity contribution in [2.75, 3.05) is 12.4 Å². The summed E-state index contributed by atoms with van der Waals surface area (Å²) in [5.74, 6) is 0.756. The van der Waals surface area contributed by atoms with Gasteiger partial charge in [0.25, 0.3) is 0 Å². The lowest BCUT2D eigenvalue weighted by Gasteiger charge is -2.33. The number of nitrogens with one attached hydrogen (secondary N) is 1. The van der Waals surface area contributed by atoms with E-state index in [-0.39, 0.29) is 30.4 Å². The topological polar surface area (TPSA) is 56.8 Å². The van der Waals surface area contributed by atoms with E-state index in [4.69, 9.17) is 14.2 Å². The first-order chi connectivity index (χ1) is 20.0. The molecular weight excluding hydrogens is 529 g/mol. The Bertz CT molecular complexity index is 1670. The van der Waals surface area contributed by atoms with Gasteiger partial charge in [-0.05, 0) is 81.1 Å². The molecule has 6 heteroatoms. The van der Waals surface area contributed by atoms with Gasteiger partial charge in [0.2, 0.25) is 0 Å². The van der Waals surface area contributed by atoms with Gasteiger partial charge in [0, 0.05) is 34.5 Å². The standard InChI is InChI=1S/C36H36FNO4/c1-22-7-10-25(11-8-22)17-34(39)42-27-13-14-29(33(19-27)40-6)28-15-16-31-35(24(3)20-36(4,5)38-31)30(28)21-41-32-18-26(37)12-9-23(32)2/h7-16,18-20,38H,17,21H2,1-6H3. The fourth-order valence-corrected chi connectivity index (χ4v) is 5.48. The molecule has 4 aromatic carbocycles. The lowest BCUT2D eigenvalue weighted by molar-refractivity contribution is -0.133. The number of carbonyl (C=O) groups is 1. The third-order valence-electron chi connectivity index (χ3n) is 7.43. The number of rotatable bonds is 8. The van der Waals surface area contributed by atoms with E-state index in [0.717, 1.165) is 50.2 Å². The number of hydrogen-bond acceptors (Lipinski definition) is 5. The Morgan fingerprint density at radius 1 is 0.881 bits per heavy atom. The smallest absolute Gasteiger partial charge is 0.315 e. The molecule has 0 fully saturated rings. The Balaban J connectivity index is 1.50. The predicted molar refractivity (Wildman–Crippen MR) is 166 cm³/mol. The molecule has 0 saturated carbocycles. The van der Waals surface area contributed by atoms with Crippen LogP contribution in [-0.4, -0.2) is 18.6 Å². The summed E-state index contributed by atoms with van der Waals surface area (Å²) < 4.78 is 31.8. The Hall–Kier alpha value is -4.58. The van der Waals surface area contributed by atoms with Crippen molar-refractivity contribution in [3.8, 4) is 28.4 Å². The fourth-order valence-electron chi connectivity index (χ4n) is 5.48. The molecule has 5 rings (SSSR count). The van der Waals surface area contributed by atoms with Gasteiger partial charge < -0.3 is 19.5 Å². The molecule has 0 spiro atoms. The number of methoxy groups -OCH3 is 1. The van der Waals surface area contributed by atoms with Crippen LogP contribution in [0.4, 0.5) is 10.1 Å². The maximum absolute atomic E-state index is 14.1. The average molecular weight is 566 g/mol. The normalized spacial score (nSPS) is 13.5. The first-order valence-corrected chi connectivity index (χ1v) is 14.0. The highest BCUT2D eigenvalue weighted by Gasteiger charge is 2.27. The lowest BCUT2D eigenvalue weighted by Crippen LogP contribution is -2.32. The van der Waals surface area contributed by atoms with Crippen molar-refractivity contribution in [1.29, 1.82) is 0 Å². The molecule has 216 valence electrons. The highest BCUT2D eigenvalue weighted by Crippen LogP contribution is 2.43. The summed E-state index contributed by atoms with van der Waals surface area (Å²) in [5.41, 5.74) is 8.49. The van der Waals surface area contributed by atoms with Crippen molar-refractivity contribution < 1.29 is 23.4 Å². The Morgan fingerprint density at radius 2 is 1.62 bits per heavy atom. The lowest BCUT2D eigenvalue weighted by atomic mass is 9.85. The highest BCUT2D eigenvalue weighted by molar-refractivity contribution is 5.88. The molecule has 42 heavy (non-hydrogen) atoms. The van der Waals surface area contributed by atoms with Gasteiger partial charge in [-0.2, -0.15) is 0 Å². The van der Waals surface area contributed by atoms with E-state index in [1.165, 1.54) is 12.1 Å². The molecule has 4 aromatic rings. The minimum absolute atomic E-state index is 0.172. The summed E-state index contributed by atoms with van der Waals surface area (Å²) in [4.78, 5) is 12.7. The number of ether oxygens (including phenoxy) is 3. The maximum Gasteiger partial charge on any atom is 0.315 e. The average Bonchev–Trinajstić information content (AvgIpc) is 2.94. The number of carbonyl (C=O) groups excluding carboxylic acids is 1. The van der Waals surface area contributed by atoms with E-state index < -0.39 is 0 Å². The molecule has 1 aliphatic rings. The summed E-state index contributed by atoms with van der Waals surface area (Å²) in [6.45, 7) is 10.5. The molecule has 0 unspecified atom stereocenters. The monoisotopic (exact) mass is 565 g/mol. The molecule has 0 bridgehead atoms. The zero-order valence-corrected chi connectivity index (χ0v) is 24.9. The summed E-state index contributed by atoms with van der Waals surface area (Å²) in [7, 11) is 1.59. The van der Waals surface area contributed by atoms with Gasteiger partial charge in [0.1, 0.15) is 29.7 Å². The molecule has 0 atom stereocenters. The molecule has 1 heterocycles. The van der Waals surface area contributed by atoms with Crippen LogP contribution < -0.4 is 19.5 Å². The summed E-state index contributed by atoms with van der Waals surface area (Å²) in [5, 5.41) is 3.61. The molecule has 1 aliphatic heterocycles. The number of esters is 1. The van der Waals surface area contributed by atoms with Gasteiger partial charge in [-0.15, -0.1) is 0 Å². The Labute approximate surface area is 247 Å². The van der Waals surface area contributed by atoms with Crippen LogP contribution >= 0.6 is 0 Å². The van der Waals surface area contributed by atoms with E-state index in [9.17, 15) is 9.18 Å². The van der Waals surface area contributed by atoms with Gasteiger partial charge in [-0.25, -0.2) is 4.39 Å². The van der Waals surface area contributed by atoms with E-state index in [2.05, 4.69) is 38.2 Å². The van der Waals surface area contributed by atoms with Gasteiger partial charge in [0.15, 0.2) is 0 Å². The molecule has 0 radical (unpaired) electrons. The highest BCUT2D eigenvalue weighted by atomic mass is 19.1. The number of fused-ring (bicyclic) bond motifs is 1. The summed E-state index contributed by atoms with van der Waals surface area (Å²) >= 11 is 0. The van der Waals surface area contributed by atoms with E-state index >= 15 is 0 Å². The zero-order valence-electron chi connectivity index (χ0n) is 24.9. The van der Waals surface area contributed by atoms with Crippen LogP contribution in [0.5, 0.6) is 17.2 Å². The number of allylic oxidation sites excluding steroid dienone is 1. The molecule has 1 N–H and O–H groups in total. The zero-order chi connectivity index (χ0) is 30.0. The first kappa shape index (κ1) is 28.9. The van der Waals surface area contributed by atoms with Crippen molar-refractivity contribution in [2.24, 2.45) is 0 Å². The van der Waals surface area contributed by atoms with E-state index in [1.807, 2.05) is 50.2 Å². The minimum Gasteiger partial charge on any atom is -0.496 e. The van der Waals surface area contributed by atoms with Crippen LogP contribution in [0.15, 0.2) is 78.9 Å². The Kier molecular flexibility index (Phi) is 8.08. The number of anilines is 1. The number of halogens is 1. The largest absolute Gasteiger partial charge is 0.496 e. The second kappa shape index (κ2) is 11.7. The van der Waals surface area contributed by atoms with Crippen LogP contribution in [-0.2, 0) is 17.8 Å². The maximum atomic E-state index is 14.1. The molecular formula is C36H36FNO4.